The number of aromatic nitrogens is 4. The van der Waals surface area contributed by atoms with Gasteiger partial charge in [-0.3, -0.25) is 9.48 Å². The molecule has 178 valence electrons. The van der Waals surface area contributed by atoms with Crippen molar-refractivity contribution in [3.05, 3.63) is 53.9 Å². The summed E-state index contributed by atoms with van der Waals surface area (Å²) in [7, 11) is 1.68. The van der Waals surface area contributed by atoms with Gasteiger partial charge in [0.2, 0.25) is 0 Å². The third kappa shape index (κ3) is 4.34. The van der Waals surface area contributed by atoms with Crippen LogP contribution in [0.15, 0.2) is 36.8 Å². The quantitative estimate of drug-likeness (QED) is 0.408. The summed E-state index contributed by atoms with van der Waals surface area (Å²) in [5, 5.41) is 11.9. The topological polar surface area (TPSA) is 88.7 Å². The van der Waals surface area contributed by atoms with Gasteiger partial charge in [-0.2, -0.15) is 5.10 Å². The Bertz CT molecular complexity index is 1340. The molecule has 0 saturated carbocycles. The molecule has 0 spiro atoms. The number of anilines is 2. The van der Waals surface area contributed by atoms with E-state index in [2.05, 4.69) is 20.5 Å². The van der Waals surface area contributed by atoms with Crippen molar-refractivity contribution >= 4 is 33.8 Å². The first kappa shape index (κ1) is 22.3. The van der Waals surface area contributed by atoms with Crippen molar-refractivity contribution < 1.29 is 13.9 Å². The zero-order valence-corrected chi connectivity index (χ0v) is 19.3. The monoisotopic (exact) mass is 465 g/mol. The van der Waals surface area contributed by atoms with Crippen molar-refractivity contribution in [3.63, 3.8) is 0 Å². The molecule has 9 nitrogen and oxygen atoms in total. The van der Waals surface area contributed by atoms with Crippen LogP contribution in [-0.2, 0) is 11.3 Å². The number of methoxy groups -OCH3 is 1. The predicted octanol–water partition coefficient (Wildman–Crippen LogP) is 2.83. The molecule has 34 heavy (non-hydrogen) atoms. The number of hydrogen-bond acceptors (Lipinski definition) is 6. The summed E-state index contributed by atoms with van der Waals surface area (Å²) in [5.41, 5.74) is 3.42. The van der Waals surface area contributed by atoms with Gasteiger partial charge in [0.05, 0.1) is 16.9 Å². The van der Waals surface area contributed by atoms with Crippen LogP contribution >= 0.6 is 0 Å². The van der Waals surface area contributed by atoms with Crippen molar-refractivity contribution in [2.45, 2.75) is 19.9 Å². The lowest BCUT2D eigenvalue weighted by Crippen LogP contribution is -2.43. The minimum Gasteiger partial charge on any atom is -0.385 e. The number of nitrogens with one attached hydrogen (secondary N) is 2. The number of benzene rings is 1. The lowest BCUT2D eigenvalue weighted by atomic mass is 10.1. The summed E-state index contributed by atoms with van der Waals surface area (Å²) < 4.78 is 23.1. The maximum absolute atomic E-state index is 14.5. The van der Waals surface area contributed by atoms with Gasteiger partial charge < -0.3 is 24.7 Å². The van der Waals surface area contributed by atoms with Gasteiger partial charge in [0.15, 0.2) is 11.5 Å². The van der Waals surface area contributed by atoms with Gasteiger partial charge >= 0.3 is 0 Å². The summed E-state index contributed by atoms with van der Waals surface area (Å²) in [5.74, 6) is -0.831. The second-order valence-corrected chi connectivity index (χ2v) is 8.51. The first-order valence-electron chi connectivity index (χ1n) is 11.4. The fourth-order valence-corrected chi connectivity index (χ4v) is 4.44. The van der Waals surface area contributed by atoms with E-state index in [1.54, 1.807) is 36.9 Å². The van der Waals surface area contributed by atoms with Crippen LogP contribution in [0.5, 0.6) is 0 Å². The molecule has 1 aliphatic rings. The van der Waals surface area contributed by atoms with Gasteiger partial charge in [-0.15, -0.1) is 0 Å². The van der Waals surface area contributed by atoms with E-state index in [1.165, 1.54) is 6.07 Å². The van der Waals surface area contributed by atoms with Crippen LogP contribution in [0, 0.1) is 12.7 Å². The molecule has 1 aliphatic heterocycles. The molecule has 2 N–H and O–H groups in total. The molecule has 0 bridgehead atoms. The summed E-state index contributed by atoms with van der Waals surface area (Å²) in [6.07, 6.45) is 6.19. The van der Waals surface area contributed by atoms with Crippen LogP contribution in [0.1, 0.15) is 22.5 Å². The summed E-state index contributed by atoms with van der Waals surface area (Å²) >= 11 is 0. The minimum absolute atomic E-state index is 0.230. The van der Waals surface area contributed by atoms with Crippen molar-refractivity contribution in [2.24, 2.45) is 0 Å². The first-order valence-corrected chi connectivity index (χ1v) is 11.4. The average Bonchev–Trinajstić information content (AvgIpc) is 3.42. The Morgan fingerprint density at radius 2 is 2.06 bits per heavy atom. The molecule has 4 aromatic rings. The number of carbonyl (C=O) groups excluding carboxylic acids is 1. The molecular formula is C24H28FN7O2. The van der Waals surface area contributed by atoms with Crippen LogP contribution in [0.4, 0.5) is 15.8 Å². The van der Waals surface area contributed by atoms with E-state index in [1.807, 2.05) is 16.9 Å². The number of carbonyl (C=O) groups is 1. The molecule has 0 atom stereocenters. The second-order valence-electron chi connectivity index (χ2n) is 8.51. The molecule has 1 saturated heterocycles. The number of rotatable bonds is 7. The molecule has 5 rings (SSSR count). The minimum atomic E-state index is -0.493. The Morgan fingerprint density at radius 3 is 2.85 bits per heavy atom. The smallest absolute Gasteiger partial charge is 0.257 e. The SMILES string of the molecule is COCCCn1cc2c(N3CCNCC3)ccc(C(=O)Nc3cc(F)c4nc(C)cn4c3)c2n1. The number of nitrogens with zero attached hydrogens (tertiary/aromatic N) is 5. The number of ether oxygens (including phenoxy) is 1. The standard InChI is InChI=1S/C24H28FN7O2/c1-16-13-31-14-17(12-20(25)23(31)27-16)28-24(33)18-4-5-21(30-9-6-26-7-10-30)19-15-32(29-22(18)19)8-3-11-34-2/h4-5,12-15,26H,3,6-11H2,1-2H3,(H,28,33). The highest BCUT2D eigenvalue weighted by Crippen LogP contribution is 2.30. The van der Waals surface area contributed by atoms with Crippen LogP contribution in [-0.4, -0.2) is 65.0 Å². The van der Waals surface area contributed by atoms with Gasteiger partial charge in [-0.05, 0) is 25.5 Å². The van der Waals surface area contributed by atoms with Crippen LogP contribution in [0.25, 0.3) is 16.6 Å². The largest absolute Gasteiger partial charge is 0.385 e. The van der Waals surface area contributed by atoms with Gasteiger partial charge in [0.1, 0.15) is 5.52 Å². The van der Waals surface area contributed by atoms with Crippen LogP contribution in [0.2, 0.25) is 0 Å². The normalized spacial score (nSPS) is 14.3. The molecule has 3 aromatic heterocycles. The highest BCUT2D eigenvalue weighted by atomic mass is 19.1. The number of imidazole rings is 1. The van der Waals surface area contributed by atoms with Crippen molar-refractivity contribution in [2.75, 3.05) is 50.1 Å². The molecule has 1 aromatic carbocycles. The number of pyridine rings is 1. The third-order valence-corrected chi connectivity index (χ3v) is 6.02. The van der Waals surface area contributed by atoms with Gasteiger partial charge in [-0.1, -0.05) is 0 Å². The molecule has 0 unspecified atom stereocenters. The lowest BCUT2D eigenvalue weighted by molar-refractivity contribution is 0.102. The maximum atomic E-state index is 14.5. The molecule has 1 fully saturated rings. The van der Waals surface area contributed by atoms with Crippen molar-refractivity contribution in [3.8, 4) is 0 Å². The Labute approximate surface area is 196 Å². The molecular weight excluding hydrogens is 437 g/mol. The Kier molecular flexibility index (Phi) is 6.16. The van der Waals surface area contributed by atoms with Gasteiger partial charge in [0, 0.05) is 82.2 Å². The number of fused-ring (bicyclic) bond motifs is 2. The Balaban J connectivity index is 1.49. The van der Waals surface area contributed by atoms with E-state index < -0.39 is 5.82 Å². The number of piperazine rings is 1. The molecule has 1 amide bonds. The first-order chi connectivity index (χ1) is 16.5. The second kappa shape index (κ2) is 9.40. The Hall–Kier alpha value is -3.50. The molecule has 4 heterocycles. The van der Waals surface area contributed by atoms with E-state index in [-0.39, 0.29) is 11.6 Å². The van der Waals surface area contributed by atoms with Gasteiger partial charge in [-0.25, -0.2) is 9.37 Å². The zero-order valence-electron chi connectivity index (χ0n) is 19.3. The highest BCUT2D eigenvalue weighted by molar-refractivity contribution is 6.13. The van der Waals surface area contributed by atoms with E-state index in [9.17, 15) is 9.18 Å². The van der Waals surface area contributed by atoms with E-state index in [0.717, 1.165) is 43.7 Å². The number of amides is 1. The molecule has 0 radical (unpaired) electrons. The van der Waals surface area contributed by atoms with Crippen LogP contribution < -0.4 is 15.5 Å². The van der Waals surface area contributed by atoms with Crippen molar-refractivity contribution in [1.82, 2.24) is 24.5 Å². The number of hydrogen-bond donors (Lipinski definition) is 2. The van der Waals surface area contributed by atoms with Gasteiger partial charge in [0.25, 0.3) is 5.91 Å². The van der Waals surface area contributed by atoms with E-state index >= 15 is 0 Å². The summed E-state index contributed by atoms with van der Waals surface area (Å²) in [6, 6.07) is 5.07. The third-order valence-electron chi connectivity index (χ3n) is 6.02. The summed E-state index contributed by atoms with van der Waals surface area (Å²) in [4.78, 5) is 19.8. The fourth-order valence-electron chi connectivity index (χ4n) is 4.44. The number of aryl methyl sites for hydroxylation is 2. The zero-order chi connectivity index (χ0) is 23.7. The predicted molar refractivity (Wildman–Crippen MR) is 129 cm³/mol. The average molecular weight is 466 g/mol. The maximum Gasteiger partial charge on any atom is 0.257 e. The van der Waals surface area contributed by atoms with Crippen molar-refractivity contribution in [1.29, 1.82) is 0 Å². The number of halogens is 1. The lowest BCUT2D eigenvalue weighted by Gasteiger charge is -2.30. The fraction of sp³-hybridized carbons (Fsp3) is 0.375. The Morgan fingerprint density at radius 1 is 1.24 bits per heavy atom. The highest BCUT2D eigenvalue weighted by Gasteiger charge is 2.21. The molecule has 0 aliphatic carbocycles. The van der Waals surface area contributed by atoms with Crippen LogP contribution in [0.3, 0.4) is 0 Å². The molecule has 10 heteroatoms. The van der Waals surface area contributed by atoms with E-state index in [0.29, 0.717) is 35.6 Å². The van der Waals surface area contributed by atoms with E-state index in [4.69, 9.17) is 9.84 Å². The summed E-state index contributed by atoms with van der Waals surface area (Å²) in [6.45, 7) is 6.71.